The van der Waals surface area contributed by atoms with E-state index in [9.17, 15) is 0 Å². The molecule has 160 valence electrons. The molecule has 1 N–H and O–H groups in total. The van der Waals surface area contributed by atoms with Gasteiger partial charge in [0.25, 0.3) is 0 Å². The van der Waals surface area contributed by atoms with Gasteiger partial charge in [-0.1, -0.05) is 49.3 Å². The summed E-state index contributed by atoms with van der Waals surface area (Å²) in [5.74, 6) is 2.17. The highest BCUT2D eigenvalue weighted by Gasteiger charge is 2.22. The van der Waals surface area contributed by atoms with Crippen LogP contribution in [0.4, 0.5) is 5.82 Å². The molecule has 0 aliphatic rings. The van der Waals surface area contributed by atoms with Crippen molar-refractivity contribution >= 4 is 16.9 Å². The number of hydrogen-bond acceptors (Lipinski definition) is 7. The number of furan rings is 1. The second-order valence-electron chi connectivity index (χ2n) is 7.96. The zero-order chi connectivity index (χ0) is 22.1. The summed E-state index contributed by atoms with van der Waals surface area (Å²) in [6, 6.07) is 16.1. The Morgan fingerprint density at radius 1 is 1.00 bits per heavy atom. The Labute approximate surface area is 185 Å². The van der Waals surface area contributed by atoms with Crippen LogP contribution in [0, 0.1) is 6.92 Å². The maximum atomic E-state index is 5.66. The molecule has 0 saturated carbocycles. The first-order valence-electron chi connectivity index (χ1n) is 10.6. The average Bonchev–Trinajstić information content (AvgIpc) is 3.45. The van der Waals surface area contributed by atoms with Crippen molar-refractivity contribution in [2.75, 3.05) is 5.32 Å². The molecular formula is C25H23N5O2. The molecule has 1 aromatic carbocycles. The largest absolute Gasteiger partial charge is 0.459 e. The fraction of sp³-hybridized carbons (Fsp3) is 0.200. The van der Waals surface area contributed by atoms with Crippen molar-refractivity contribution in [2.45, 2.75) is 33.2 Å². The van der Waals surface area contributed by atoms with Crippen molar-refractivity contribution in [1.29, 1.82) is 0 Å². The maximum Gasteiger partial charge on any atom is 0.194 e. The molecule has 0 fully saturated rings. The highest BCUT2D eigenvalue weighted by atomic mass is 16.5. The van der Waals surface area contributed by atoms with Gasteiger partial charge in [-0.05, 0) is 24.6 Å². The number of nitrogens with one attached hydrogen (secondary N) is 1. The quantitative estimate of drug-likeness (QED) is 0.358. The van der Waals surface area contributed by atoms with Crippen LogP contribution >= 0.6 is 0 Å². The third kappa shape index (κ3) is 3.73. The lowest BCUT2D eigenvalue weighted by atomic mass is 10.0. The van der Waals surface area contributed by atoms with Gasteiger partial charge in [0.15, 0.2) is 23.0 Å². The van der Waals surface area contributed by atoms with Crippen LogP contribution < -0.4 is 5.32 Å². The molecule has 7 nitrogen and oxygen atoms in total. The second kappa shape index (κ2) is 8.26. The van der Waals surface area contributed by atoms with Gasteiger partial charge >= 0.3 is 0 Å². The molecule has 0 aliphatic carbocycles. The van der Waals surface area contributed by atoms with E-state index >= 15 is 0 Å². The number of benzene rings is 1. The smallest absolute Gasteiger partial charge is 0.194 e. The zero-order valence-electron chi connectivity index (χ0n) is 18.2. The summed E-state index contributed by atoms with van der Waals surface area (Å²) in [5, 5.41) is 7.54. The molecule has 0 atom stereocenters. The van der Waals surface area contributed by atoms with E-state index in [0.29, 0.717) is 23.8 Å². The summed E-state index contributed by atoms with van der Waals surface area (Å²) in [6.07, 6.45) is 3.42. The van der Waals surface area contributed by atoms with Crippen LogP contribution in [0.25, 0.3) is 33.7 Å². The molecule has 4 heterocycles. The minimum Gasteiger partial charge on any atom is -0.459 e. The lowest BCUT2D eigenvalue weighted by Gasteiger charge is -2.10. The van der Waals surface area contributed by atoms with Crippen LogP contribution in [-0.4, -0.2) is 20.1 Å². The van der Waals surface area contributed by atoms with Crippen molar-refractivity contribution in [3.8, 4) is 22.6 Å². The van der Waals surface area contributed by atoms with E-state index in [4.69, 9.17) is 18.9 Å². The first-order valence-corrected chi connectivity index (χ1v) is 10.6. The van der Waals surface area contributed by atoms with Crippen molar-refractivity contribution in [3.05, 3.63) is 78.0 Å². The average molecular weight is 425 g/mol. The Bertz CT molecular complexity index is 1350. The minimum absolute atomic E-state index is 0.170. The molecule has 0 saturated heterocycles. The van der Waals surface area contributed by atoms with E-state index in [-0.39, 0.29) is 5.92 Å². The topological polar surface area (TPSA) is 89.9 Å². The fourth-order valence-electron chi connectivity index (χ4n) is 3.66. The standard InChI is InChI=1S/C25H23N5O2/c1-15(2)22-21(16(3)30-32-22)24-28-20-11-13-31-23(20)25(29-24)27-14-17-7-9-18(10-8-17)19-6-4-5-12-26-19/h4-13,15H,14H2,1-3H3,(H,27,28,29). The van der Waals surface area contributed by atoms with E-state index in [2.05, 4.69) is 53.6 Å². The summed E-state index contributed by atoms with van der Waals surface area (Å²) in [7, 11) is 0. The van der Waals surface area contributed by atoms with E-state index < -0.39 is 0 Å². The Balaban J connectivity index is 1.44. The van der Waals surface area contributed by atoms with Gasteiger partial charge < -0.3 is 14.3 Å². The third-order valence-electron chi connectivity index (χ3n) is 5.32. The van der Waals surface area contributed by atoms with Gasteiger partial charge in [-0.25, -0.2) is 9.97 Å². The molecule has 0 aliphatic heterocycles. The molecule has 0 radical (unpaired) electrons. The predicted octanol–water partition coefficient (Wildman–Crippen LogP) is 5.98. The van der Waals surface area contributed by atoms with Crippen LogP contribution in [0.1, 0.15) is 36.8 Å². The normalized spacial score (nSPS) is 11.4. The number of aromatic nitrogens is 4. The Morgan fingerprint density at radius 3 is 2.59 bits per heavy atom. The molecule has 32 heavy (non-hydrogen) atoms. The number of rotatable bonds is 6. The number of hydrogen-bond donors (Lipinski definition) is 1. The number of aryl methyl sites for hydroxylation is 1. The van der Waals surface area contributed by atoms with Gasteiger partial charge in [-0.2, -0.15) is 0 Å². The van der Waals surface area contributed by atoms with Gasteiger partial charge in [-0.3, -0.25) is 4.98 Å². The molecule has 0 spiro atoms. The maximum absolute atomic E-state index is 5.66. The van der Waals surface area contributed by atoms with E-state index in [1.165, 1.54) is 0 Å². The number of nitrogens with zero attached hydrogens (tertiary/aromatic N) is 4. The SMILES string of the molecule is Cc1noc(C(C)C)c1-c1nc(NCc2ccc(-c3ccccn3)cc2)c2occc2n1. The molecule has 0 unspecified atom stereocenters. The number of anilines is 1. The van der Waals surface area contributed by atoms with Gasteiger partial charge in [0, 0.05) is 30.3 Å². The Morgan fingerprint density at radius 2 is 1.84 bits per heavy atom. The van der Waals surface area contributed by atoms with Crippen LogP contribution in [0.2, 0.25) is 0 Å². The molecule has 4 aromatic heterocycles. The van der Waals surface area contributed by atoms with Crippen LogP contribution in [0.5, 0.6) is 0 Å². The summed E-state index contributed by atoms with van der Waals surface area (Å²) >= 11 is 0. The van der Waals surface area contributed by atoms with Crippen molar-refractivity contribution in [3.63, 3.8) is 0 Å². The third-order valence-corrected chi connectivity index (χ3v) is 5.32. The van der Waals surface area contributed by atoms with Crippen LogP contribution in [0.3, 0.4) is 0 Å². The molecule has 7 heteroatoms. The summed E-state index contributed by atoms with van der Waals surface area (Å²) < 4.78 is 11.2. The lowest BCUT2D eigenvalue weighted by Crippen LogP contribution is -2.04. The Kier molecular flexibility index (Phi) is 5.15. The van der Waals surface area contributed by atoms with E-state index in [1.54, 1.807) is 12.5 Å². The van der Waals surface area contributed by atoms with E-state index in [0.717, 1.165) is 39.4 Å². The highest BCUT2D eigenvalue weighted by molar-refractivity contribution is 5.86. The first kappa shape index (κ1) is 19.9. The van der Waals surface area contributed by atoms with Gasteiger partial charge in [0.05, 0.1) is 23.2 Å². The van der Waals surface area contributed by atoms with Crippen molar-refractivity contribution in [1.82, 2.24) is 20.1 Å². The summed E-state index contributed by atoms with van der Waals surface area (Å²) in [4.78, 5) is 13.9. The van der Waals surface area contributed by atoms with Gasteiger partial charge in [-0.15, -0.1) is 0 Å². The monoisotopic (exact) mass is 425 g/mol. The van der Waals surface area contributed by atoms with Gasteiger partial charge in [0.2, 0.25) is 0 Å². The van der Waals surface area contributed by atoms with Gasteiger partial charge in [0.1, 0.15) is 5.52 Å². The fourth-order valence-corrected chi connectivity index (χ4v) is 3.66. The van der Waals surface area contributed by atoms with Crippen molar-refractivity contribution < 1.29 is 8.94 Å². The highest BCUT2D eigenvalue weighted by Crippen LogP contribution is 2.33. The summed E-state index contributed by atoms with van der Waals surface area (Å²) in [6.45, 7) is 6.62. The minimum atomic E-state index is 0.170. The molecule has 5 aromatic rings. The molecular weight excluding hydrogens is 402 g/mol. The Hall–Kier alpha value is -4.00. The molecule has 0 bridgehead atoms. The number of fused-ring (bicyclic) bond motifs is 1. The zero-order valence-corrected chi connectivity index (χ0v) is 18.2. The number of pyridine rings is 1. The first-order chi connectivity index (χ1) is 15.6. The lowest BCUT2D eigenvalue weighted by molar-refractivity contribution is 0.368. The van der Waals surface area contributed by atoms with Crippen molar-refractivity contribution in [2.24, 2.45) is 0 Å². The van der Waals surface area contributed by atoms with E-state index in [1.807, 2.05) is 31.2 Å². The second-order valence-corrected chi connectivity index (χ2v) is 7.96. The molecule has 0 amide bonds. The molecule has 5 rings (SSSR count). The van der Waals surface area contributed by atoms with Crippen LogP contribution in [-0.2, 0) is 6.54 Å². The predicted molar refractivity (Wildman–Crippen MR) is 123 cm³/mol. The van der Waals surface area contributed by atoms with Crippen LogP contribution in [0.15, 0.2) is 69.9 Å². The summed E-state index contributed by atoms with van der Waals surface area (Å²) in [5.41, 5.74) is 6.12.